The third kappa shape index (κ3) is 2.65. The van der Waals surface area contributed by atoms with E-state index in [9.17, 15) is 0 Å². The summed E-state index contributed by atoms with van der Waals surface area (Å²) in [5.41, 5.74) is 2.79. The number of aromatic nitrogens is 4. The third-order valence-corrected chi connectivity index (χ3v) is 3.39. The molecule has 0 aliphatic rings. The van der Waals surface area contributed by atoms with Gasteiger partial charge >= 0.3 is 0 Å². The van der Waals surface area contributed by atoms with Gasteiger partial charge in [-0.2, -0.15) is 9.97 Å². The zero-order chi connectivity index (χ0) is 14.7. The second kappa shape index (κ2) is 5.78. The quantitative estimate of drug-likeness (QED) is 0.752. The van der Waals surface area contributed by atoms with Crippen LogP contribution in [0.1, 0.15) is 12.5 Å². The van der Waals surface area contributed by atoms with E-state index in [2.05, 4.69) is 49.2 Å². The van der Waals surface area contributed by atoms with Gasteiger partial charge in [-0.25, -0.2) is 4.98 Å². The van der Waals surface area contributed by atoms with E-state index in [0.29, 0.717) is 11.6 Å². The van der Waals surface area contributed by atoms with Gasteiger partial charge in [0.25, 0.3) is 0 Å². The molecule has 6 heteroatoms. The summed E-state index contributed by atoms with van der Waals surface area (Å²) < 4.78 is 0. The number of fused-ring (bicyclic) bond motifs is 1. The van der Waals surface area contributed by atoms with Crippen molar-refractivity contribution >= 4 is 22.9 Å². The Labute approximate surface area is 123 Å². The average molecular weight is 282 g/mol. The summed E-state index contributed by atoms with van der Waals surface area (Å²) in [7, 11) is 1.81. The molecule has 0 unspecified atom stereocenters. The van der Waals surface area contributed by atoms with Crippen molar-refractivity contribution in [3.05, 3.63) is 42.2 Å². The van der Waals surface area contributed by atoms with Gasteiger partial charge in [0.2, 0.25) is 5.95 Å². The Kier molecular flexibility index (Phi) is 3.68. The monoisotopic (exact) mass is 282 g/mol. The molecule has 1 aromatic carbocycles. The topological polar surface area (TPSA) is 69.7 Å². The van der Waals surface area contributed by atoms with E-state index >= 15 is 0 Å². The van der Waals surface area contributed by atoms with Crippen LogP contribution in [-0.2, 0) is 6.54 Å². The van der Waals surface area contributed by atoms with Gasteiger partial charge < -0.3 is 15.2 Å². The maximum Gasteiger partial charge on any atom is 0.226 e. The molecule has 0 aliphatic heterocycles. The molecule has 0 aliphatic carbocycles. The molecule has 0 saturated carbocycles. The molecule has 2 N–H and O–H groups in total. The Bertz CT molecular complexity index is 721. The third-order valence-electron chi connectivity index (χ3n) is 3.39. The lowest BCUT2D eigenvalue weighted by molar-refractivity contribution is 0.816. The van der Waals surface area contributed by atoms with Crippen LogP contribution >= 0.6 is 0 Å². The van der Waals surface area contributed by atoms with Gasteiger partial charge in [-0.05, 0) is 12.5 Å². The van der Waals surface area contributed by atoms with Gasteiger partial charge in [0.1, 0.15) is 5.52 Å². The largest absolute Gasteiger partial charge is 0.357 e. The van der Waals surface area contributed by atoms with Crippen molar-refractivity contribution in [3.8, 4) is 0 Å². The van der Waals surface area contributed by atoms with Crippen molar-refractivity contribution in [1.82, 2.24) is 19.9 Å². The second-order valence-corrected chi connectivity index (χ2v) is 4.72. The minimum absolute atomic E-state index is 0.580. The van der Waals surface area contributed by atoms with Crippen LogP contribution in [0.3, 0.4) is 0 Å². The lowest BCUT2D eigenvalue weighted by Gasteiger charge is -2.22. The highest BCUT2D eigenvalue weighted by Crippen LogP contribution is 2.23. The van der Waals surface area contributed by atoms with Crippen molar-refractivity contribution < 1.29 is 0 Å². The van der Waals surface area contributed by atoms with Crippen molar-refractivity contribution in [3.63, 3.8) is 0 Å². The molecule has 3 aromatic rings. The normalized spacial score (nSPS) is 10.8. The first-order valence-corrected chi connectivity index (χ1v) is 6.99. The Balaban J connectivity index is 2.01. The molecule has 6 nitrogen and oxygen atoms in total. The zero-order valence-electron chi connectivity index (χ0n) is 12.2. The van der Waals surface area contributed by atoms with E-state index in [-0.39, 0.29) is 0 Å². The lowest BCUT2D eigenvalue weighted by Crippen LogP contribution is -2.24. The first kappa shape index (κ1) is 13.4. The summed E-state index contributed by atoms with van der Waals surface area (Å²) in [6.45, 7) is 3.76. The van der Waals surface area contributed by atoms with Crippen LogP contribution in [0.5, 0.6) is 0 Å². The minimum atomic E-state index is 0.580. The van der Waals surface area contributed by atoms with E-state index in [4.69, 9.17) is 0 Å². The Morgan fingerprint density at radius 2 is 2.00 bits per heavy atom. The molecule has 21 heavy (non-hydrogen) atoms. The van der Waals surface area contributed by atoms with Gasteiger partial charge in [-0.1, -0.05) is 30.3 Å². The van der Waals surface area contributed by atoms with Crippen molar-refractivity contribution in [2.75, 3.05) is 23.8 Å². The summed E-state index contributed by atoms with van der Waals surface area (Å²) >= 11 is 0. The van der Waals surface area contributed by atoms with Gasteiger partial charge in [0, 0.05) is 20.1 Å². The number of imidazole rings is 1. The summed E-state index contributed by atoms with van der Waals surface area (Å²) in [5.74, 6) is 1.45. The van der Waals surface area contributed by atoms with Crippen molar-refractivity contribution in [2.24, 2.45) is 0 Å². The molecule has 0 spiro atoms. The number of hydrogen-bond donors (Lipinski definition) is 2. The fourth-order valence-electron chi connectivity index (χ4n) is 2.30. The zero-order valence-corrected chi connectivity index (χ0v) is 12.2. The first-order valence-electron chi connectivity index (χ1n) is 6.99. The van der Waals surface area contributed by atoms with Crippen LogP contribution in [0.25, 0.3) is 11.2 Å². The molecule has 108 valence electrons. The number of hydrogen-bond acceptors (Lipinski definition) is 5. The predicted molar refractivity (Wildman–Crippen MR) is 84.4 cm³/mol. The highest BCUT2D eigenvalue weighted by atomic mass is 15.2. The maximum atomic E-state index is 4.59. The number of anilines is 2. The SMILES string of the molecule is CCN(Cc1ccccc1)c1nc(NC)nc2nc[nH]c12. The second-order valence-electron chi connectivity index (χ2n) is 4.72. The van der Waals surface area contributed by atoms with Gasteiger partial charge in [0.05, 0.1) is 6.33 Å². The van der Waals surface area contributed by atoms with Gasteiger partial charge in [0.15, 0.2) is 11.5 Å². The van der Waals surface area contributed by atoms with Crippen LogP contribution in [0.4, 0.5) is 11.8 Å². The van der Waals surface area contributed by atoms with E-state index < -0.39 is 0 Å². The highest BCUT2D eigenvalue weighted by Gasteiger charge is 2.15. The number of nitrogens with zero attached hydrogens (tertiary/aromatic N) is 4. The molecule has 0 saturated heterocycles. The molecular weight excluding hydrogens is 264 g/mol. The highest BCUT2D eigenvalue weighted by molar-refractivity contribution is 5.84. The molecule has 0 amide bonds. The summed E-state index contributed by atoms with van der Waals surface area (Å²) in [6, 6.07) is 10.4. The van der Waals surface area contributed by atoms with Crippen LogP contribution in [0.15, 0.2) is 36.7 Å². The molecule has 0 radical (unpaired) electrons. The standard InChI is InChI=1S/C15H18N6/c1-3-21(9-11-7-5-4-6-8-11)14-12-13(18-10-17-12)19-15(16-2)20-14/h4-8,10H,3,9H2,1-2H3,(H2,16,17,18,19,20). The first-order chi connectivity index (χ1) is 10.3. The number of nitrogens with one attached hydrogen (secondary N) is 2. The van der Waals surface area contributed by atoms with E-state index in [0.717, 1.165) is 24.4 Å². The molecule has 2 aromatic heterocycles. The van der Waals surface area contributed by atoms with E-state index in [1.54, 1.807) is 6.33 Å². The van der Waals surface area contributed by atoms with Crippen molar-refractivity contribution in [1.29, 1.82) is 0 Å². The van der Waals surface area contributed by atoms with Crippen LogP contribution in [-0.4, -0.2) is 33.5 Å². The van der Waals surface area contributed by atoms with E-state index in [1.807, 2.05) is 25.2 Å². The minimum Gasteiger partial charge on any atom is -0.357 e. The Morgan fingerprint density at radius 1 is 1.19 bits per heavy atom. The Morgan fingerprint density at radius 3 is 2.71 bits per heavy atom. The molecule has 0 atom stereocenters. The number of rotatable bonds is 5. The van der Waals surface area contributed by atoms with E-state index in [1.165, 1.54) is 5.56 Å². The summed E-state index contributed by atoms with van der Waals surface area (Å²) in [5, 5.41) is 2.99. The fourth-order valence-corrected chi connectivity index (χ4v) is 2.30. The number of aromatic amines is 1. The average Bonchev–Trinajstić information content (AvgIpc) is 3.01. The smallest absolute Gasteiger partial charge is 0.226 e. The van der Waals surface area contributed by atoms with Gasteiger partial charge in [-0.15, -0.1) is 0 Å². The maximum absolute atomic E-state index is 4.59. The van der Waals surface area contributed by atoms with Crippen LogP contribution < -0.4 is 10.2 Å². The molecule has 3 rings (SSSR count). The molecule has 2 heterocycles. The molecule has 0 fully saturated rings. The van der Waals surface area contributed by atoms with Crippen molar-refractivity contribution in [2.45, 2.75) is 13.5 Å². The van der Waals surface area contributed by atoms with Gasteiger partial charge in [-0.3, -0.25) is 0 Å². The number of benzene rings is 1. The number of H-pyrrole nitrogens is 1. The van der Waals surface area contributed by atoms with Crippen LogP contribution in [0, 0.1) is 0 Å². The molecular formula is C15H18N6. The summed E-state index contributed by atoms with van der Waals surface area (Å²) in [6.07, 6.45) is 1.65. The molecule has 0 bridgehead atoms. The predicted octanol–water partition coefficient (Wildman–Crippen LogP) is 2.42. The fraction of sp³-hybridized carbons (Fsp3) is 0.267. The Hall–Kier alpha value is -2.63. The summed E-state index contributed by atoms with van der Waals surface area (Å²) in [4.78, 5) is 18.5. The van der Waals surface area contributed by atoms with Crippen LogP contribution in [0.2, 0.25) is 0 Å². The lowest BCUT2D eigenvalue weighted by atomic mass is 10.2.